The van der Waals surface area contributed by atoms with Crippen molar-refractivity contribution in [1.82, 2.24) is 4.90 Å². The molecule has 1 aromatic rings. The average molecular weight is 396 g/mol. The van der Waals surface area contributed by atoms with Crippen LogP contribution < -0.4 is 4.74 Å². The number of nitro groups is 1. The van der Waals surface area contributed by atoms with Crippen molar-refractivity contribution in [3.05, 3.63) is 34.1 Å². The molecule has 0 aliphatic carbocycles. The standard InChI is InChI=1S/C19H25FN2O6/c1-19(2,3)28-18(24)21-9-7-13(8-10-21)11-14(23)12-27-16-6-4-5-15(20)17(16)22(25)26/h4-6,13H,7-12H2,1-3H3. The van der Waals surface area contributed by atoms with Gasteiger partial charge >= 0.3 is 11.8 Å². The molecular formula is C19H25FN2O6. The molecule has 28 heavy (non-hydrogen) atoms. The molecule has 0 radical (unpaired) electrons. The smallest absolute Gasteiger partial charge is 0.410 e. The van der Waals surface area contributed by atoms with Crippen LogP contribution in [0.1, 0.15) is 40.0 Å². The lowest BCUT2D eigenvalue weighted by atomic mass is 9.92. The van der Waals surface area contributed by atoms with Gasteiger partial charge in [-0.1, -0.05) is 6.07 Å². The van der Waals surface area contributed by atoms with Crippen molar-refractivity contribution >= 4 is 17.6 Å². The van der Waals surface area contributed by atoms with Crippen LogP contribution in [-0.2, 0) is 9.53 Å². The van der Waals surface area contributed by atoms with E-state index in [1.54, 1.807) is 25.7 Å². The summed E-state index contributed by atoms with van der Waals surface area (Å²) in [6, 6.07) is 3.51. The lowest BCUT2D eigenvalue weighted by molar-refractivity contribution is -0.388. The number of rotatable bonds is 6. The third-order valence-corrected chi connectivity index (χ3v) is 4.30. The maximum atomic E-state index is 13.6. The minimum Gasteiger partial charge on any atom is -0.479 e. The first-order valence-electron chi connectivity index (χ1n) is 9.12. The van der Waals surface area contributed by atoms with Gasteiger partial charge in [0.1, 0.15) is 12.2 Å². The van der Waals surface area contributed by atoms with E-state index in [4.69, 9.17) is 9.47 Å². The predicted octanol–water partition coefficient (Wildman–Crippen LogP) is 3.72. The number of carbonyl (C=O) groups excluding carboxylic acids is 2. The predicted molar refractivity (Wildman–Crippen MR) is 98.7 cm³/mol. The molecule has 1 aliphatic rings. The molecule has 0 bridgehead atoms. The van der Waals surface area contributed by atoms with E-state index in [9.17, 15) is 24.1 Å². The minimum absolute atomic E-state index is 0.0947. The summed E-state index contributed by atoms with van der Waals surface area (Å²) in [5, 5.41) is 10.9. The van der Waals surface area contributed by atoms with Crippen LogP contribution in [0.4, 0.5) is 14.9 Å². The van der Waals surface area contributed by atoms with E-state index in [2.05, 4.69) is 0 Å². The first-order chi connectivity index (χ1) is 13.1. The minimum atomic E-state index is -1.01. The zero-order valence-electron chi connectivity index (χ0n) is 16.3. The first-order valence-corrected chi connectivity index (χ1v) is 9.12. The monoisotopic (exact) mass is 396 g/mol. The first kappa shape index (κ1) is 21.6. The van der Waals surface area contributed by atoms with Gasteiger partial charge in [-0.25, -0.2) is 4.79 Å². The number of hydrogen-bond donors (Lipinski definition) is 0. The van der Waals surface area contributed by atoms with Crippen molar-refractivity contribution in [3.63, 3.8) is 0 Å². The molecule has 1 heterocycles. The largest absolute Gasteiger partial charge is 0.479 e. The molecule has 0 N–H and O–H groups in total. The normalized spacial score (nSPS) is 15.2. The fraction of sp³-hybridized carbons (Fsp3) is 0.579. The van der Waals surface area contributed by atoms with Crippen molar-refractivity contribution in [2.45, 2.75) is 45.6 Å². The van der Waals surface area contributed by atoms with E-state index >= 15 is 0 Å². The van der Waals surface area contributed by atoms with Crippen LogP contribution in [0.5, 0.6) is 5.75 Å². The van der Waals surface area contributed by atoms with Gasteiger partial charge in [0, 0.05) is 19.5 Å². The molecule has 0 aromatic heterocycles. The highest BCUT2D eigenvalue weighted by Gasteiger charge is 2.28. The van der Waals surface area contributed by atoms with Gasteiger partial charge in [0.05, 0.1) is 4.92 Å². The highest BCUT2D eigenvalue weighted by molar-refractivity contribution is 5.80. The second-order valence-electron chi connectivity index (χ2n) is 7.79. The molecule has 8 nitrogen and oxygen atoms in total. The van der Waals surface area contributed by atoms with E-state index in [0.717, 1.165) is 6.07 Å². The Bertz CT molecular complexity index is 738. The molecule has 1 fully saturated rings. The zero-order valence-corrected chi connectivity index (χ0v) is 16.3. The van der Waals surface area contributed by atoms with Gasteiger partial charge in [-0.05, 0) is 51.7 Å². The number of nitro benzene ring substituents is 1. The Morgan fingerprint density at radius 3 is 2.50 bits per heavy atom. The molecule has 0 saturated carbocycles. The van der Waals surface area contributed by atoms with Gasteiger partial charge in [-0.3, -0.25) is 14.9 Å². The van der Waals surface area contributed by atoms with Crippen molar-refractivity contribution in [2.24, 2.45) is 5.92 Å². The third kappa shape index (κ3) is 6.17. The number of benzene rings is 1. The molecule has 9 heteroatoms. The molecule has 0 unspecified atom stereocenters. The third-order valence-electron chi connectivity index (χ3n) is 4.30. The molecular weight excluding hydrogens is 371 g/mol. The quantitative estimate of drug-likeness (QED) is 0.537. The van der Waals surface area contributed by atoms with Crippen LogP contribution >= 0.6 is 0 Å². The number of ether oxygens (including phenoxy) is 2. The number of para-hydroxylation sites is 1. The summed E-state index contributed by atoms with van der Waals surface area (Å²) in [4.78, 5) is 35.9. The number of Topliss-reactive ketones (excluding diaryl/α,β-unsaturated/α-hetero) is 1. The van der Waals surface area contributed by atoms with Gasteiger partial charge in [-0.15, -0.1) is 0 Å². The SMILES string of the molecule is CC(C)(C)OC(=O)N1CCC(CC(=O)COc2cccc(F)c2[N+](=O)[O-])CC1. The number of nitrogens with zero attached hydrogens (tertiary/aromatic N) is 2. The topological polar surface area (TPSA) is 99.0 Å². The average Bonchev–Trinajstić information content (AvgIpc) is 2.58. The van der Waals surface area contributed by atoms with Gasteiger partial charge in [-0.2, -0.15) is 4.39 Å². The van der Waals surface area contributed by atoms with Gasteiger partial charge < -0.3 is 14.4 Å². The Kier molecular flexibility index (Phi) is 6.93. The lowest BCUT2D eigenvalue weighted by Gasteiger charge is -2.33. The molecule has 1 amide bonds. The Hall–Kier alpha value is -2.71. The molecule has 1 aliphatic heterocycles. The summed E-state index contributed by atoms with van der Waals surface area (Å²) in [5.41, 5.74) is -1.33. The van der Waals surface area contributed by atoms with E-state index in [1.165, 1.54) is 12.1 Å². The second kappa shape index (κ2) is 8.99. The molecule has 1 aromatic carbocycles. The fourth-order valence-electron chi connectivity index (χ4n) is 2.97. The highest BCUT2D eigenvalue weighted by Crippen LogP contribution is 2.30. The lowest BCUT2D eigenvalue weighted by Crippen LogP contribution is -2.42. The number of amides is 1. The number of halogens is 1. The molecule has 0 spiro atoms. The number of piperidine rings is 1. The number of carbonyl (C=O) groups is 2. The van der Waals surface area contributed by atoms with Crippen LogP contribution in [0.3, 0.4) is 0 Å². The summed E-state index contributed by atoms with van der Waals surface area (Å²) < 4.78 is 24.1. The fourth-order valence-corrected chi connectivity index (χ4v) is 2.97. The van der Waals surface area contributed by atoms with Crippen molar-refractivity contribution in [2.75, 3.05) is 19.7 Å². The zero-order chi connectivity index (χ0) is 20.9. The van der Waals surface area contributed by atoms with Crippen molar-refractivity contribution in [3.8, 4) is 5.75 Å². The number of hydrogen-bond acceptors (Lipinski definition) is 6. The Morgan fingerprint density at radius 1 is 1.29 bits per heavy atom. The Labute approximate surface area is 162 Å². The Balaban J connectivity index is 1.80. The summed E-state index contributed by atoms with van der Waals surface area (Å²) in [5.74, 6) is -1.41. The van der Waals surface area contributed by atoms with Crippen molar-refractivity contribution < 1.29 is 28.4 Å². The second-order valence-corrected chi connectivity index (χ2v) is 7.79. The molecule has 2 rings (SSSR count). The van der Waals surface area contributed by atoms with Crippen molar-refractivity contribution in [1.29, 1.82) is 0 Å². The van der Waals surface area contributed by atoms with Crippen LogP contribution in [0.15, 0.2) is 18.2 Å². The van der Waals surface area contributed by atoms with Crippen LogP contribution in [0.2, 0.25) is 0 Å². The molecule has 0 atom stereocenters. The summed E-state index contributed by atoms with van der Waals surface area (Å²) in [7, 11) is 0. The molecule has 1 saturated heterocycles. The number of likely N-dealkylation sites (tertiary alicyclic amines) is 1. The van der Waals surface area contributed by atoms with E-state index in [-0.39, 0.29) is 36.6 Å². The van der Waals surface area contributed by atoms with Crippen LogP contribution in [0.25, 0.3) is 0 Å². The Morgan fingerprint density at radius 2 is 1.93 bits per heavy atom. The van der Waals surface area contributed by atoms with Gasteiger partial charge in [0.15, 0.2) is 5.78 Å². The highest BCUT2D eigenvalue weighted by atomic mass is 19.1. The maximum Gasteiger partial charge on any atom is 0.410 e. The van der Waals surface area contributed by atoms with Crippen LogP contribution in [-0.4, -0.2) is 47.0 Å². The van der Waals surface area contributed by atoms with Gasteiger partial charge in [0.2, 0.25) is 11.6 Å². The molecule has 154 valence electrons. The van der Waals surface area contributed by atoms with E-state index < -0.39 is 22.0 Å². The van der Waals surface area contributed by atoms with Gasteiger partial charge in [0.25, 0.3) is 0 Å². The summed E-state index contributed by atoms with van der Waals surface area (Å²) in [6.45, 7) is 6.06. The van der Waals surface area contributed by atoms with Crippen LogP contribution in [0, 0.1) is 21.8 Å². The van der Waals surface area contributed by atoms with E-state index in [0.29, 0.717) is 25.9 Å². The summed E-state index contributed by atoms with van der Waals surface area (Å²) in [6.07, 6.45) is 1.19. The van der Waals surface area contributed by atoms with E-state index in [1.807, 2.05) is 0 Å². The maximum absolute atomic E-state index is 13.6. The summed E-state index contributed by atoms with van der Waals surface area (Å²) >= 11 is 0. The number of ketones is 1.